The van der Waals surface area contributed by atoms with Crippen molar-refractivity contribution in [3.8, 4) is 180 Å². The average Bonchev–Trinajstić information content (AvgIpc) is 0.991. The molecule has 0 unspecified atom stereocenters. The fourth-order valence-corrected chi connectivity index (χ4v) is 20.0. The minimum absolute atomic E-state index is 0.990. The number of rotatable bonds is 16. The van der Waals surface area contributed by atoms with Gasteiger partial charge in [-0.15, -0.1) is 0 Å². The SMILES string of the molecule is c1ccn(-c2c3ccc(c2-n2cccc2)-c2ccc(c(-n4cccc4)c2-n2cccc2)-c2ccc(c(-n4cccc4)c2-n2cccc2)-c2ccc(c(-n4cccc4)c2-n2cccc2)-c2ccc(c(-n4cccc4)c2-n2cccc2)-c2ccc(c(-n4cccc4)c2-n2cccc2)-c2ccc(c(-n4cccc4)c2-n2cccc2)-c2ccc-3c(-n3cccc3)c2-n2cccc2)c1. The number of hydrogen-bond acceptors (Lipinski definition) is 0. The summed E-state index contributed by atoms with van der Waals surface area (Å²) >= 11 is 0. The first-order valence-electron chi connectivity index (χ1n) is 43.1. The summed E-state index contributed by atoms with van der Waals surface area (Å²) in [5, 5.41) is 0. The summed E-state index contributed by atoms with van der Waals surface area (Å²) in [7, 11) is 0. The van der Waals surface area contributed by atoms with E-state index in [9.17, 15) is 0 Å². The highest BCUT2D eigenvalue weighted by molar-refractivity contribution is 6.04. The first-order chi connectivity index (χ1) is 63.6. The van der Waals surface area contributed by atoms with Crippen LogP contribution in [-0.4, -0.2) is 73.1 Å². The molecule has 1 aliphatic carbocycles. The molecule has 16 aromatic heterocycles. The van der Waals surface area contributed by atoms with E-state index in [1.165, 1.54) is 0 Å². The highest BCUT2D eigenvalue weighted by Crippen LogP contribution is 2.55. The maximum absolute atomic E-state index is 2.37. The molecule has 16 bridgehead atoms. The largest absolute Gasteiger partial charge is 0.321 e. The molecule has 0 aliphatic heterocycles. The van der Waals surface area contributed by atoms with Crippen molar-refractivity contribution in [2.45, 2.75) is 0 Å². The van der Waals surface area contributed by atoms with Gasteiger partial charge in [-0.25, -0.2) is 0 Å². The Balaban J connectivity index is 0.868. The third-order valence-corrected chi connectivity index (χ3v) is 25.3. The standard InChI is InChI=1S/C112H80N16/c1-2-50-113(49-1)97-81-33-34-83(98(97)114-51-3-4-52-114)84-37-38-86(102(118-59-11-12-60-118)100(84)116-55-7-8-56-116)88-41-42-90(106(122-67-19-20-68-122)104(88)120-63-15-16-64-120)92-45-46-94(110(126-75-27-28-76-126)108(92)124-71-23-24-72-124)96-48-47-95(111(127-77-29-30-78-127)112(96)128-79-31-32-80-128)93-44-43-91(107(123-69-21-22-70-123)109(93)125-73-25-26-74-125)89-40-39-87(103(119-61-13-14-62-119)105(89)121-65-17-18-66-121)85-36-35-82(81)99(115-53-5-6-54-115)101(85)117-57-9-10-58-117/h1-80H. The summed E-state index contributed by atoms with van der Waals surface area (Å²) in [4.78, 5) is 0. The Kier molecular flexibility index (Phi) is 17.2. The number of aromatic nitrogens is 16. The van der Waals surface area contributed by atoms with Crippen molar-refractivity contribution in [2.24, 2.45) is 0 Å². The Hall–Kier alpha value is -17.8. The van der Waals surface area contributed by atoms with Gasteiger partial charge in [0.1, 0.15) is 0 Å². The summed E-state index contributed by atoms with van der Waals surface area (Å²) < 4.78 is 37.0. The molecule has 16 heterocycles. The molecular formula is C112H80N16. The molecule has 0 atom stereocenters. The van der Waals surface area contributed by atoms with Crippen LogP contribution in [0.5, 0.6) is 0 Å². The fourth-order valence-electron chi connectivity index (χ4n) is 20.0. The van der Waals surface area contributed by atoms with E-state index in [1.807, 2.05) is 0 Å². The first kappa shape index (κ1) is 73.0. The maximum Gasteiger partial charge on any atom is 0.0778 e. The molecule has 0 saturated carbocycles. The lowest BCUT2D eigenvalue weighted by atomic mass is 9.87. The Labute approximate surface area is 737 Å². The second kappa shape index (κ2) is 30.1. The van der Waals surface area contributed by atoms with E-state index in [4.69, 9.17) is 0 Å². The second-order valence-corrected chi connectivity index (χ2v) is 32.3. The highest BCUT2D eigenvalue weighted by atomic mass is 15.1. The van der Waals surface area contributed by atoms with Gasteiger partial charge in [0.2, 0.25) is 0 Å². The smallest absolute Gasteiger partial charge is 0.0778 e. The van der Waals surface area contributed by atoms with Gasteiger partial charge in [0.05, 0.1) is 91.0 Å². The lowest BCUT2D eigenvalue weighted by Gasteiger charge is -2.29. The van der Waals surface area contributed by atoms with E-state index in [1.54, 1.807) is 0 Å². The van der Waals surface area contributed by atoms with Gasteiger partial charge in [0, 0.05) is 287 Å². The van der Waals surface area contributed by atoms with Crippen LogP contribution in [-0.2, 0) is 0 Å². The first-order valence-corrected chi connectivity index (χ1v) is 43.1. The number of hydrogen-bond donors (Lipinski definition) is 0. The van der Waals surface area contributed by atoms with Crippen LogP contribution >= 0.6 is 0 Å². The quantitative estimate of drug-likeness (QED) is 0.0924. The van der Waals surface area contributed by atoms with E-state index in [0.29, 0.717) is 0 Å². The monoisotopic (exact) mass is 1650 g/mol. The van der Waals surface area contributed by atoms with Crippen LogP contribution in [0.2, 0.25) is 0 Å². The zero-order chi connectivity index (χ0) is 84.3. The Bertz CT molecular complexity index is 6140. The minimum Gasteiger partial charge on any atom is -0.321 e. The van der Waals surface area contributed by atoms with Crippen LogP contribution in [0, 0.1) is 0 Å². The van der Waals surface area contributed by atoms with E-state index in [0.717, 1.165) is 180 Å². The van der Waals surface area contributed by atoms with E-state index in [-0.39, 0.29) is 0 Å². The summed E-state index contributed by atoms with van der Waals surface area (Å²) in [5.41, 5.74) is 32.1. The Morgan fingerprint density at radius 2 is 0.117 bits per heavy atom. The van der Waals surface area contributed by atoms with Crippen molar-refractivity contribution in [3.05, 3.63) is 489 Å². The van der Waals surface area contributed by atoms with Gasteiger partial charge < -0.3 is 73.1 Å². The van der Waals surface area contributed by atoms with Crippen molar-refractivity contribution in [1.29, 1.82) is 0 Å². The average molecular weight is 1650 g/mol. The van der Waals surface area contributed by atoms with Crippen LogP contribution in [0.15, 0.2) is 489 Å². The lowest BCUT2D eigenvalue weighted by Crippen LogP contribution is -2.12. The summed E-state index contributed by atoms with van der Waals surface area (Å²) in [6.45, 7) is 0. The van der Waals surface area contributed by atoms with Gasteiger partial charge in [0.15, 0.2) is 0 Å². The second-order valence-electron chi connectivity index (χ2n) is 32.3. The maximum atomic E-state index is 2.37. The predicted molar refractivity (Wildman–Crippen MR) is 513 cm³/mol. The molecule has 0 radical (unpaired) electrons. The third-order valence-electron chi connectivity index (χ3n) is 25.3. The topological polar surface area (TPSA) is 78.9 Å². The summed E-state index contributed by atoms with van der Waals surface area (Å²) in [5.74, 6) is 0. The molecule has 608 valence electrons. The third kappa shape index (κ3) is 11.7. The predicted octanol–water partition coefficient (Wildman–Crippen LogP) is 26.0. The number of fused-ring (bicyclic) bond motifs is 32. The number of nitrogens with zero attached hydrogens (tertiary/aromatic N) is 16. The van der Waals surface area contributed by atoms with Gasteiger partial charge in [-0.1, -0.05) is 97.1 Å². The molecule has 0 N–H and O–H groups in total. The Morgan fingerprint density at radius 1 is 0.0703 bits per heavy atom. The molecule has 0 saturated heterocycles. The minimum atomic E-state index is 0.990. The van der Waals surface area contributed by atoms with Crippen molar-refractivity contribution >= 4 is 0 Å². The summed E-state index contributed by atoms with van der Waals surface area (Å²) in [6.07, 6.45) is 70.1. The molecule has 1 aliphatic rings. The van der Waals surface area contributed by atoms with E-state index in [2.05, 4.69) is 563 Å². The van der Waals surface area contributed by atoms with E-state index < -0.39 is 0 Å². The van der Waals surface area contributed by atoms with Crippen LogP contribution in [0.3, 0.4) is 0 Å². The fraction of sp³-hybridized carbons (Fsp3) is 0. The molecular weight excluding hydrogens is 1570 g/mol. The van der Waals surface area contributed by atoms with Gasteiger partial charge in [-0.3, -0.25) is 0 Å². The molecule has 0 fully saturated rings. The van der Waals surface area contributed by atoms with Crippen molar-refractivity contribution in [3.63, 3.8) is 0 Å². The van der Waals surface area contributed by atoms with Crippen LogP contribution < -0.4 is 0 Å². The molecule has 25 rings (SSSR count). The lowest BCUT2D eigenvalue weighted by molar-refractivity contribution is 0.983. The zero-order valence-corrected chi connectivity index (χ0v) is 69.3. The normalized spacial score (nSPS) is 11.8. The molecule has 128 heavy (non-hydrogen) atoms. The molecule has 8 aromatic carbocycles. The van der Waals surface area contributed by atoms with Crippen molar-refractivity contribution in [2.75, 3.05) is 0 Å². The van der Waals surface area contributed by atoms with Crippen molar-refractivity contribution < 1.29 is 0 Å². The Morgan fingerprint density at radius 3 is 0.164 bits per heavy atom. The van der Waals surface area contributed by atoms with Crippen LogP contribution in [0.25, 0.3) is 180 Å². The van der Waals surface area contributed by atoms with E-state index >= 15 is 0 Å². The van der Waals surface area contributed by atoms with Gasteiger partial charge in [0.25, 0.3) is 0 Å². The summed E-state index contributed by atoms with van der Waals surface area (Å²) in [6, 6.07) is 106. The van der Waals surface area contributed by atoms with Gasteiger partial charge in [-0.2, -0.15) is 0 Å². The zero-order valence-electron chi connectivity index (χ0n) is 69.3. The number of benzene rings is 8. The van der Waals surface area contributed by atoms with Crippen LogP contribution in [0.4, 0.5) is 0 Å². The van der Waals surface area contributed by atoms with Crippen LogP contribution in [0.1, 0.15) is 0 Å². The highest BCUT2D eigenvalue weighted by Gasteiger charge is 2.35. The molecule has 0 spiro atoms. The van der Waals surface area contributed by atoms with Crippen molar-refractivity contribution in [1.82, 2.24) is 73.1 Å². The molecule has 0 amide bonds. The van der Waals surface area contributed by atoms with Gasteiger partial charge in [-0.05, 0) is 194 Å². The molecule has 16 heteroatoms. The van der Waals surface area contributed by atoms with Gasteiger partial charge >= 0.3 is 0 Å². The molecule has 24 aromatic rings. The molecule has 16 nitrogen and oxygen atoms in total.